The summed E-state index contributed by atoms with van der Waals surface area (Å²) >= 11 is 0. The summed E-state index contributed by atoms with van der Waals surface area (Å²) in [7, 11) is 0. The Morgan fingerprint density at radius 1 is 0.562 bits per heavy atom. The monoisotopic (exact) mass is 617 g/mol. The maximum absolute atomic E-state index is 2.40. The molecule has 0 heterocycles. The summed E-state index contributed by atoms with van der Waals surface area (Å²) in [6.07, 6.45) is 12.5. The van der Waals surface area contributed by atoms with E-state index in [0.717, 1.165) is 17.8 Å². The van der Waals surface area contributed by atoms with Crippen molar-refractivity contribution in [2.45, 2.75) is 31.6 Å². The minimum Gasteiger partial charge on any atom is -0.310 e. The molecule has 0 radical (unpaired) electrons. The van der Waals surface area contributed by atoms with E-state index in [9.17, 15) is 0 Å². The molecule has 1 heteroatoms. The van der Waals surface area contributed by atoms with Crippen LogP contribution in [0.1, 0.15) is 48.4 Å². The zero-order valence-electron chi connectivity index (χ0n) is 27.6. The fourth-order valence-electron chi connectivity index (χ4n) is 7.34. The topological polar surface area (TPSA) is 3.24 Å². The first-order valence-corrected chi connectivity index (χ1v) is 17.0. The van der Waals surface area contributed by atoms with Crippen LogP contribution in [0.3, 0.4) is 0 Å². The van der Waals surface area contributed by atoms with E-state index in [2.05, 4.69) is 201 Å². The van der Waals surface area contributed by atoms with Crippen molar-refractivity contribution in [3.8, 4) is 22.3 Å². The van der Waals surface area contributed by atoms with Gasteiger partial charge in [-0.25, -0.2) is 0 Å². The van der Waals surface area contributed by atoms with Gasteiger partial charge in [-0.2, -0.15) is 0 Å². The van der Waals surface area contributed by atoms with Crippen LogP contribution < -0.4 is 4.90 Å². The van der Waals surface area contributed by atoms with Gasteiger partial charge in [-0.1, -0.05) is 159 Å². The fraction of sp³-hybridized carbons (Fsp3) is 0.106. The molecule has 0 aliphatic heterocycles. The third kappa shape index (κ3) is 5.63. The van der Waals surface area contributed by atoms with Crippen molar-refractivity contribution >= 4 is 23.1 Å². The van der Waals surface area contributed by atoms with Crippen LogP contribution in [0.4, 0.5) is 17.1 Å². The maximum atomic E-state index is 2.40. The van der Waals surface area contributed by atoms with Gasteiger partial charge >= 0.3 is 0 Å². The predicted octanol–water partition coefficient (Wildman–Crippen LogP) is 12.8. The molecular weight excluding hydrogens is 579 g/mol. The number of benzene rings is 6. The van der Waals surface area contributed by atoms with Crippen molar-refractivity contribution in [3.63, 3.8) is 0 Å². The number of nitrogens with zero attached hydrogens (tertiary/aromatic N) is 1. The molecule has 0 spiro atoms. The number of hydrogen-bond donors (Lipinski definition) is 0. The quantitative estimate of drug-likeness (QED) is 0.172. The molecule has 2 aliphatic rings. The lowest BCUT2D eigenvalue weighted by molar-refractivity contribution is 0.660. The lowest BCUT2D eigenvalue weighted by Gasteiger charge is -2.28. The van der Waals surface area contributed by atoms with E-state index >= 15 is 0 Å². The number of allylic oxidation sites excluding steroid dienone is 5. The van der Waals surface area contributed by atoms with Crippen LogP contribution >= 0.6 is 0 Å². The molecule has 2 aliphatic carbocycles. The second-order valence-electron chi connectivity index (χ2n) is 13.4. The smallest absolute Gasteiger partial charge is 0.0465 e. The minimum atomic E-state index is -0.114. The van der Waals surface area contributed by atoms with Crippen molar-refractivity contribution in [1.29, 1.82) is 0 Å². The standard InChI is InChI=1S/C47H39N/c1-47(2)45-32-35(19-18-34-20-23-37(24-21-34)39-27-25-38(26-28-39)36-12-6-3-7-13-36)22-30-43(45)44-31-29-42(33-46(44)47)48(40-14-8-4-9-15-40)41-16-10-5-11-17-41/h3-23,25-33,37H,24H2,1-2H3/b19-18+. The second kappa shape index (κ2) is 12.5. The molecule has 0 N–H and O–H groups in total. The van der Waals surface area contributed by atoms with Crippen molar-refractivity contribution in [1.82, 2.24) is 0 Å². The van der Waals surface area contributed by atoms with Crippen molar-refractivity contribution in [3.05, 3.63) is 204 Å². The molecule has 6 aromatic carbocycles. The molecule has 1 atom stereocenters. The zero-order valence-corrected chi connectivity index (χ0v) is 27.6. The molecule has 0 amide bonds. The Hall–Kier alpha value is -5.66. The molecule has 0 bridgehead atoms. The third-order valence-corrected chi connectivity index (χ3v) is 10.0. The Morgan fingerprint density at radius 2 is 1.15 bits per heavy atom. The van der Waals surface area contributed by atoms with Gasteiger partial charge < -0.3 is 4.90 Å². The van der Waals surface area contributed by atoms with Gasteiger partial charge in [0.15, 0.2) is 0 Å². The van der Waals surface area contributed by atoms with E-state index in [4.69, 9.17) is 0 Å². The maximum Gasteiger partial charge on any atom is 0.0465 e. The molecule has 1 nitrogen and oxygen atoms in total. The summed E-state index contributed by atoms with van der Waals surface area (Å²) in [5.74, 6) is 0.413. The number of hydrogen-bond acceptors (Lipinski definition) is 1. The third-order valence-electron chi connectivity index (χ3n) is 10.0. The number of rotatable bonds is 7. The van der Waals surface area contributed by atoms with Crippen molar-refractivity contribution in [2.75, 3.05) is 4.90 Å². The first kappa shape index (κ1) is 29.7. The van der Waals surface area contributed by atoms with Crippen molar-refractivity contribution in [2.24, 2.45) is 0 Å². The van der Waals surface area contributed by atoms with Crippen LogP contribution in [0.15, 0.2) is 182 Å². The van der Waals surface area contributed by atoms with E-state index in [1.54, 1.807) is 0 Å². The van der Waals surface area contributed by atoms with Crippen LogP contribution in [-0.2, 0) is 5.41 Å². The second-order valence-corrected chi connectivity index (χ2v) is 13.4. The molecular formula is C47H39N. The lowest BCUT2D eigenvalue weighted by atomic mass is 9.81. The van der Waals surface area contributed by atoms with Gasteiger partial charge in [0.25, 0.3) is 0 Å². The molecule has 232 valence electrons. The first-order chi connectivity index (χ1) is 23.5. The largest absolute Gasteiger partial charge is 0.310 e. The molecule has 0 fully saturated rings. The summed E-state index contributed by atoms with van der Waals surface area (Å²) in [4.78, 5) is 2.35. The minimum absolute atomic E-state index is 0.114. The Morgan fingerprint density at radius 3 is 1.77 bits per heavy atom. The lowest BCUT2D eigenvalue weighted by Crippen LogP contribution is -2.16. The Bertz CT molecular complexity index is 2110. The molecule has 8 rings (SSSR count). The van der Waals surface area contributed by atoms with Crippen LogP contribution in [0.5, 0.6) is 0 Å². The van der Waals surface area contributed by atoms with E-state index in [0.29, 0.717) is 5.92 Å². The van der Waals surface area contributed by atoms with Crippen molar-refractivity contribution < 1.29 is 0 Å². The molecule has 1 unspecified atom stereocenters. The highest BCUT2D eigenvalue weighted by Gasteiger charge is 2.36. The predicted molar refractivity (Wildman–Crippen MR) is 204 cm³/mol. The van der Waals surface area contributed by atoms with E-state index in [1.165, 1.54) is 55.8 Å². The zero-order chi connectivity index (χ0) is 32.5. The average molecular weight is 618 g/mol. The SMILES string of the molecule is CC1(C)c2cc(/C=C/C3=CCC(c4ccc(-c5ccccc5)cc4)C=C3)ccc2-c2ccc(N(c3ccccc3)c3ccccc3)cc21. The summed E-state index contributed by atoms with van der Waals surface area (Å²) in [5.41, 5.74) is 15.2. The average Bonchev–Trinajstić information content (AvgIpc) is 3.37. The van der Waals surface area contributed by atoms with Gasteiger partial charge in [-0.15, -0.1) is 0 Å². The van der Waals surface area contributed by atoms with Gasteiger partial charge in [-0.3, -0.25) is 0 Å². The summed E-state index contributed by atoms with van der Waals surface area (Å²) in [6, 6.07) is 54.9. The highest BCUT2D eigenvalue weighted by atomic mass is 15.1. The normalized spacial score (nSPS) is 16.0. The molecule has 48 heavy (non-hydrogen) atoms. The van der Waals surface area contributed by atoms with Gasteiger partial charge in [0.05, 0.1) is 0 Å². The number of fused-ring (bicyclic) bond motifs is 3. The summed E-state index contributed by atoms with van der Waals surface area (Å²) < 4.78 is 0. The van der Waals surface area contributed by atoms with E-state index in [1.807, 2.05) is 0 Å². The Labute approximate surface area is 284 Å². The first-order valence-electron chi connectivity index (χ1n) is 17.0. The molecule has 0 saturated carbocycles. The van der Waals surface area contributed by atoms with Crippen LogP contribution in [0, 0.1) is 0 Å². The highest BCUT2D eigenvalue weighted by molar-refractivity contribution is 5.86. The molecule has 6 aromatic rings. The van der Waals surface area contributed by atoms with E-state index < -0.39 is 0 Å². The van der Waals surface area contributed by atoms with E-state index in [-0.39, 0.29) is 5.41 Å². The number of para-hydroxylation sites is 2. The summed E-state index contributed by atoms with van der Waals surface area (Å²) in [5, 5.41) is 0. The Kier molecular flexibility index (Phi) is 7.74. The van der Waals surface area contributed by atoms with Crippen LogP contribution in [0.25, 0.3) is 28.3 Å². The van der Waals surface area contributed by atoms with Crippen LogP contribution in [-0.4, -0.2) is 0 Å². The molecule has 0 aromatic heterocycles. The van der Waals surface area contributed by atoms with Crippen LogP contribution in [0.2, 0.25) is 0 Å². The Balaban J connectivity index is 1.01. The number of anilines is 3. The highest BCUT2D eigenvalue weighted by Crippen LogP contribution is 2.51. The fourth-order valence-corrected chi connectivity index (χ4v) is 7.34. The summed E-state index contributed by atoms with van der Waals surface area (Å²) in [6.45, 7) is 4.73. The van der Waals surface area contributed by atoms with Gasteiger partial charge in [0.2, 0.25) is 0 Å². The van der Waals surface area contributed by atoms with Gasteiger partial charge in [0.1, 0.15) is 0 Å². The molecule has 0 saturated heterocycles. The van der Waals surface area contributed by atoms with Gasteiger partial charge in [-0.05, 0) is 92.9 Å². The van der Waals surface area contributed by atoms with Gasteiger partial charge in [0, 0.05) is 28.4 Å².